The SMILES string of the molecule is NC(=O)NC1CCNCN1. The fourth-order valence-electron chi connectivity index (χ4n) is 0.927. The third kappa shape index (κ3) is 2.20. The molecule has 0 spiro atoms. The Labute approximate surface area is 59.3 Å². The zero-order valence-electron chi connectivity index (χ0n) is 5.68. The summed E-state index contributed by atoms with van der Waals surface area (Å²) in [6.45, 7) is 1.64. The van der Waals surface area contributed by atoms with Gasteiger partial charge in [-0.2, -0.15) is 0 Å². The summed E-state index contributed by atoms with van der Waals surface area (Å²) in [5, 5.41) is 8.68. The molecule has 1 atom stereocenters. The van der Waals surface area contributed by atoms with Gasteiger partial charge in [-0.15, -0.1) is 0 Å². The first-order chi connectivity index (χ1) is 4.79. The van der Waals surface area contributed by atoms with Crippen LogP contribution >= 0.6 is 0 Å². The van der Waals surface area contributed by atoms with Crippen molar-refractivity contribution in [3.05, 3.63) is 0 Å². The highest BCUT2D eigenvalue weighted by Crippen LogP contribution is 1.88. The molecule has 0 aliphatic carbocycles. The van der Waals surface area contributed by atoms with Gasteiger partial charge in [0.1, 0.15) is 0 Å². The number of hydrogen-bond acceptors (Lipinski definition) is 3. The van der Waals surface area contributed by atoms with Crippen LogP contribution in [0.4, 0.5) is 4.79 Å². The molecule has 1 fully saturated rings. The normalized spacial score (nSPS) is 25.8. The Morgan fingerprint density at radius 1 is 1.70 bits per heavy atom. The van der Waals surface area contributed by atoms with Gasteiger partial charge in [0.25, 0.3) is 0 Å². The van der Waals surface area contributed by atoms with Crippen LogP contribution in [-0.2, 0) is 0 Å². The Morgan fingerprint density at radius 3 is 3.00 bits per heavy atom. The molecule has 1 rings (SSSR count). The number of carbonyl (C=O) groups excluding carboxylic acids is 1. The van der Waals surface area contributed by atoms with E-state index in [1.807, 2.05) is 0 Å². The lowest BCUT2D eigenvalue weighted by atomic mass is 10.3. The molecule has 2 amide bonds. The molecule has 5 N–H and O–H groups in total. The van der Waals surface area contributed by atoms with Crippen molar-refractivity contribution in [2.24, 2.45) is 5.73 Å². The standard InChI is InChI=1S/C5H12N4O/c6-5(10)9-4-1-2-7-3-8-4/h4,7-8H,1-3H2,(H3,6,9,10). The first-order valence-corrected chi connectivity index (χ1v) is 3.29. The van der Waals surface area contributed by atoms with Gasteiger partial charge < -0.3 is 16.4 Å². The van der Waals surface area contributed by atoms with Crippen molar-refractivity contribution in [3.8, 4) is 0 Å². The molecule has 0 radical (unpaired) electrons. The maximum absolute atomic E-state index is 10.3. The van der Waals surface area contributed by atoms with Crippen molar-refractivity contribution in [3.63, 3.8) is 0 Å². The van der Waals surface area contributed by atoms with Crippen LogP contribution in [0.1, 0.15) is 6.42 Å². The van der Waals surface area contributed by atoms with Crippen LogP contribution in [0.5, 0.6) is 0 Å². The van der Waals surface area contributed by atoms with Crippen molar-refractivity contribution < 1.29 is 4.79 Å². The lowest BCUT2D eigenvalue weighted by molar-refractivity contribution is 0.237. The van der Waals surface area contributed by atoms with E-state index in [0.29, 0.717) is 0 Å². The largest absolute Gasteiger partial charge is 0.352 e. The molecule has 1 aliphatic heterocycles. The maximum Gasteiger partial charge on any atom is 0.313 e. The molecular weight excluding hydrogens is 132 g/mol. The van der Waals surface area contributed by atoms with E-state index in [1.165, 1.54) is 0 Å². The molecule has 1 aliphatic rings. The molecule has 5 nitrogen and oxygen atoms in total. The second kappa shape index (κ2) is 3.38. The van der Waals surface area contributed by atoms with E-state index in [1.54, 1.807) is 0 Å². The second-order valence-corrected chi connectivity index (χ2v) is 2.23. The van der Waals surface area contributed by atoms with Crippen molar-refractivity contribution in [1.82, 2.24) is 16.0 Å². The van der Waals surface area contributed by atoms with Crippen LogP contribution in [-0.4, -0.2) is 25.4 Å². The molecule has 1 saturated heterocycles. The van der Waals surface area contributed by atoms with Crippen molar-refractivity contribution >= 4 is 6.03 Å². The van der Waals surface area contributed by atoms with Gasteiger partial charge in [-0.05, 0) is 13.0 Å². The third-order valence-corrected chi connectivity index (χ3v) is 1.40. The van der Waals surface area contributed by atoms with Gasteiger partial charge in [0, 0.05) is 6.67 Å². The number of nitrogens with one attached hydrogen (secondary N) is 3. The van der Waals surface area contributed by atoms with E-state index in [4.69, 9.17) is 5.73 Å². The van der Waals surface area contributed by atoms with Crippen molar-refractivity contribution in [2.45, 2.75) is 12.6 Å². The summed E-state index contributed by atoms with van der Waals surface area (Å²) >= 11 is 0. The van der Waals surface area contributed by atoms with Gasteiger partial charge in [0.05, 0.1) is 6.17 Å². The van der Waals surface area contributed by atoms with E-state index in [9.17, 15) is 4.79 Å². The van der Waals surface area contributed by atoms with Gasteiger partial charge in [-0.3, -0.25) is 5.32 Å². The molecule has 0 aromatic heterocycles. The molecular formula is C5H12N4O. The highest BCUT2D eigenvalue weighted by atomic mass is 16.2. The minimum absolute atomic E-state index is 0.0405. The average molecular weight is 144 g/mol. The molecule has 1 unspecified atom stereocenters. The Morgan fingerprint density at radius 2 is 2.50 bits per heavy atom. The van der Waals surface area contributed by atoms with Crippen LogP contribution in [0.3, 0.4) is 0 Å². The highest BCUT2D eigenvalue weighted by Gasteiger charge is 2.11. The summed E-state index contributed by atoms with van der Waals surface area (Å²) in [5.41, 5.74) is 4.91. The number of amides is 2. The smallest absolute Gasteiger partial charge is 0.313 e. The summed E-state index contributed by atoms with van der Waals surface area (Å²) in [6, 6.07) is -0.473. The molecule has 0 aromatic rings. The third-order valence-electron chi connectivity index (χ3n) is 1.40. The molecule has 0 bridgehead atoms. The Balaban J connectivity index is 2.19. The van der Waals surface area contributed by atoms with Crippen LogP contribution in [0, 0.1) is 0 Å². The fraction of sp³-hybridized carbons (Fsp3) is 0.800. The zero-order valence-corrected chi connectivity index (χ0v) is 5.68. The number of rotatable bonds is 1. The number of urea groups is 1. The Kier molecular flexibility index (Phi) is 2.47. The summed E-state index contributed by atoms with van der Waals surface area (Å²) < 4.78 is 0. The monoisotopic (exact) mass is 144 g/mol. The predicted molar refractivity (Wildman–Crippen MR) is 37.1 cm³/mol. The summed E-state index contributed by atoms with van der Waals surface area (Å²) in [4.78, 5) is 10.3. The van der Waals surface area contributed by atoms with Crippen LogP contribution in [0.2, 0.25) is 0 Å². The summed E-state index contributed by atoms with van der Waals surface area (Å²) in [5.74, 6) is 0. The second-order valence-electron chi connectivity index (χ2n) is 2.23. The van der Waals surface area contributed by atoms with Crippen molar-refractivity contribution in [1.29, 1.82) is 0 Å². The maximum atomic E-state index is 10.3. The van der Waals surface area contributed by atoms with Gasteiger partial charge in [0.15, 0.2) is 0 Å². The first kappa shape index (κ1) is 7.30. The number of primary amides is 1. The van der Waals surface area contributed by atoms with Gasteiger partial charge in [-0.25, -0.2) is 4.79 Å². The van der Waals surface area contributed by atoms with E-state index < -0.39 is 6.03 Å². The number of carbonyl (C=O) groups is 1. The highest BCUT2D eigenvalue weighted by molar-refractivity contribution is 5.71. The van der Waals surface area contributed by atoms with Crippen molar-refractivity contribution in [2.75, 3.05) is 13.2 Å². The van der Waals surface area contributed by atoms with Crippen LogP contribution in [0.15, 0.2) is 0 Å². The number of nitrogens with two attached hydrogens (primary N) is 1. The predicted octanol–water partition coefficient (Wildman–Crippen LogP) is -1.48. The molecule has 0 aromatic carbocycles. The quantitative estimate of drug-likeness (QED) is 0.362. The van der Waals surface area contributed by atoms with Gasteiger partial charge in [-0.1, -0.05) is 0 Å². The lowest BCUT2D eigenvalue weighted by Crippen LogP contribution is -2.54. The Hall–Kier alpha value is -0.810. The van der Waals surface area contributed by atoms with Gasteiger partial charge >= 0.3 is 6.03 Å². The summed E-state index contributed by atoms with van der Waals surface area (Å²) in [6.07, 6.45) is 0.918. The fourth-order valence-corrected chi connectivity index (χ4v) is 0.927. The minimum Gasteiger partial charge on any atom is -0.352 e. The van der Waals surface area contributed by atoms with E-state index in [-0.39, 0.29) is 6.17 Å². The van der Waals surface area contributed by atoms with Crippen LogP contribution < -0.4 is 21.7 Å². The zero-order chi connectivity index (χ0) is 7.40. The van der Waals surface area contributed by atoms with E-state index in [0.717, 1.165) is 19.6 Å². The number of hydrogen-bond donors (Lipinski definition) is 4. The lowest BCUT2D eigenvalue weighted by Gasteiger charge is -2.24. The van der Waals surface area contributed by atoms with E-state index >= 15 is 0 Å². The first-order valence-electron chi connectivity index (χ1n) is 3.29. The topological polar surface area (TPSA) is 79.2 Å². The Bertz CT molecular complexity index is 121. The molecule has 0 saturated carbocycles. The van der Waals surface area contributed by atoms with Crippen LogP contribution in [0.25, 0.3) is 0 Å². The summed E-state index contributed by atoms with van der Waals surface area (Å²) in [7, 11) is 0. The minimum atomic E-state index is -0.473. The molecule has 10 heavy (non-hydrogen) atoms. The molecule has 5 heteroatoms. The molecule has 1 heterocycles. The van der Waals surface area contributed by atoms with E-state index in [2.05, 4.69) is 16.0 Å². The molecule has 58 valence electrons. The average Bonchev–Trinajstić information content (AvgIpc) is 1.88. The van der Waals surface area contributed by atoms with Gasteiger partial charge in [0.2, 0.25) is 0 Å².